The van der Waals surface area contributed by atoms with Gasteiger partial charge in [0.25, 0.3) is 0 Å². The van der Waals surface area contributed by atoms with Crippen LogP contribution in [-0.2, 0) is 22.6 Å². The van der Waals surface area contributed by atoms with Crippen LogP contribution < -0.4 is 16.0 Å². The van der Waals surface area contributed by atoms with Gasteiger partial charge in [0, 0.05) is 6.54 Å². The van der Waals surface area contributed by atoms with Gasteiger partial charge in [-0.1, -0.05) is 68.4 Å². The van der Waals surface area contributed by atoms with Crippen molar-refractivity contribution in [1.82, 2.24) is 16.0 Å². The highest BCUT2D eigenvalue weighted by atomic mass is 16.2. The number of fused-ring (bicyclic) bond motifs is 1. The second-order valence-corrected chi connectivity index (χ2v) is 8.24. The first-order chi connectivity index (χ1) is 13.9. The Kier molecular flexibility index (Phi) is 7.04. The Morgan fingerprint density at radius 1 is 0.966 bits per heavy atom. The largest absolute Gasteiger partial charge is 0.348 e. The standard InChI is InChI=1S/C24H31N3O2/c1-16(2)13-22(24(29)26-17(3)18-9-5-4-6-10-18)27-23(28)21-14-19-11-7-8-12-20(19)15-25-21/h4-12,16-17,21-22,25H,13-15H2,1-3H3,(H,26,29)(H,27,28)/t17-,21+,22-/m1/s1. The summed E-state index contributed by atoms with van der Waals surface area (Å²) >= 11 is 0. The van der Waals surface area contributed by atoms with Crippen molar-refractivity contribution in [3.05, 3.63) is 71.3 Å². The van der Waals surface area contributed by atoms with Crippen LogP contribution in [0.15, 0.2) is 54.6 Å². The van der Waals surface area contributed by atoms with E-state index in [0.717, 1.165) is 5.56 Å². The first-order valence-electron chi connectivity index (χ1n) is 10.4. The van der Waals surface area contributed by atoms with E-state index in [1.54, 1.807) is 0 Å². The molecule has 2 amide bonds. The lowest BCUT2D eigenvalue weighted by Crippen LogP contribution is -2.54. The fourth-order valence-electron chi connectivity index (χ4n) is 3.75. The molecule has 0 aliphatic carbocycles. The zero-order chi connectivity index (χ0) is 20.8. The van der Waals surface area contributed by atoms with Crippen LogP contribution in [0.5, 0.6) is 0 Å². The van der Waals surface area contributed by atoms with E-state index in [-0.39, 0.29) is 29.8 Å². The molecule has 3 atom stereocenters. The summed E-state index contributed by atoms with van der Waals surface area (Å²) in [5.41, 5.74) is 3.46. The Bertz CT molecular complexity index is 835. The van der Waals surface area contributed by atoms with Crippen molar-refractivity contribution in [1.29, 1.82) is 0 Å². The maximum Gasteiger partial charge on any atom is 0.243 e. The molecule has 0 spiro atoms. The molecule has 5 heteroatoms. The SMILES string of the molecule is CC(C)C[C@@H](NC(=O)[C@@H]1Cc2ccccc2CN1)C(=O)N[C@H](C)c1ccccc1. The summed E-state index contributed by atoms with van der Waals surface area (Å²) in [7, 11) is 0. The molecule has 1 aliphatic rings. The third-order valence-electron chi connectivity index (χ3n) is 5.40. The highest BCUT2D eigenvalue weighted by molar-refractivity contribution is 5.90. The second kappa shape index (κ2) is 9.70. The van der Waals surface area contributed by atoms with Gasteiger partial charge < -0.3 is 16.0 Å². The predicted molar refractivity (Wildman–Crippen MR) is 115 cm³/mol. The van der Waals surface area contributed by atoms with Gasteiger partial charge in [-0.05, 0) is 42.4 Å². The van der Waals surface area contributed by atoms with Crippen molar-refractivity contribution in [2.45, 2.75) is 58.3 Å². The molecule has 1 heterocycles. The number of rotatable bonds is 7. The topological polar surface area (TPSA) is 70.2 Å². The van der Waals surface area contributed by atoms with Crippen molar-refractivity contribution in [3.8, 4) is 0 Å². The highest BCUT2D eigenvalue weighted by Gasteiger charge is 2.29. The van der Waals surface area contributed by atoms with Crippen LogP contribution in [0.3, 0.4) is 0 Å². The minimum atomic E-state index is -0.548. The lowest BCUT2D eigenvalue weighted by Gasteiger charge is -2.28. The third-order valence-corrected chi connectivity index (χ3v) is 5.40. The van der Waals surface area contributed by atoms with E-state index in [9.17, 15) is 9.59 Å². The summed E-state index contributed by atoms with van der Waals surface area (Å²) in [5, 5.41) is 9.34. The van der Waals surface area contributed by atoms with Gasteiger partial charge in [-0.15, -0.1) is 0 Å². The summed E-state index contributed by atoms with van der Waals surface area (Å²) < 4.78 is 0. The summed E-state index contributed by atoms with van der Waals surface area (Å²) in [6.07, 6.45) is 1.24. The van der Waals surface area contributed by atoms with E-state index in [2.05, 4.69) is 41.9 Å². The average Bonchev–Trinajstić information content (AvgIpc) is 2.73. The molecule has 0 aromatic heterocycles. The van der Waals surface area contributed by atoms with Crippen molar-refractivity contribution in [3.63, 3.8) is 0 Å². The maximum atomic E-state index is 12.9. The Labute approximate surface area is 173 Å². The van der Waals surface area contributed by atoms with Gasteiger partial charge >= 0.3 is 0 Å². The van der Waals surface area contributed by atoms with Gasteiger partial charge in [-0.2, -0.15) is 0 Å². The number of nitrogens with one attached hydrogen (secondary N) is 3. The first kappa shape index (κ1) is 21.1. The molecule has 0 radical (unpaired) electrons. The second-order valence-electron chi connectivity index (χ2n) is 8.24. The Morgan fingerprint density at radius 3 is 2.31 bits per heavy atom. The number of carbonyl (C=O) groups is 2. The predicted octanol–water partition coefficient (Wildman–Crippen LogP) is 3.11. The van der Waals surface area contributed by atoms with Gasteiger partial charge in [-0.25, -0.2) is 0 Å². The van der Waals surface area contributed by atoms with E-state index in [4.69, 9.17) is 0 Å². The quantitative estimate of drug-likeness (QED) is 0.677. The lowest BCUT2D eigenvalue weighted by molar-refractivity contribution is -0.130. The number of benzene rings is 2. The molecule has 2 aromatic carbocycles. The molecular formula is C24H31N3O2. The Hall–Kier alpha value is -2.66. The van der Waals surface area contributed by atoms with Gasteiger partial charge in [0.1, 0.15) is 6.04 Å². The van der Waals surface area contributed by atoms with Crippen LogP contribution in [0, 0.1) is 5.92 Å². The molecule has 0 saturated heterocycles. The number of carbonyl (C=O) groups excluding carboxylic acids is 2. The van der Waals surface area contributed by atoms with Gasteiger partial charge in [0.2, 0.25) is 11.8 Å². The highest BCUT2D eigenvalue weighted by Crippen LogP contribution is 2.17. The number of hydrogen-bond donors (Lipinski definition) is 3. The summed E-state index contributed by atoms with van der Waals surface area (Å²) in [5.74, 6) is 0.0328. The molecule has 1 aliphatic heterocycles. The molecular weight excluding hydrogens is 362 g/mol. The van der Waals surface area contributed by atoms with Crippen LogP contribution in [0.1, 0.15) is 49.9 Å². The normalized spacial score (nSPS) is 17.9. The zero-order valence-corrected chi connectivity index (χ0v) is 17.4. The minimum absolute atomic E-state index is 0.116. The molecule has 154 valence electrons. The van der Waals surface area contributed by atoms with Gasteiger partial charge in [0.05, 0.1) is 12.1 Å². The van der Waals surface area contributed by atoms with Crippen LogP contribution in [0.25, 0.3) is 0 Å². The molecule has 0 unspecified atom stereocenters. The molecule has 5 nitrogen and oxygen atoms in total. The minimum Gasteiger partial charge on any atom is -0.348 e. The van der Waals surface area contributed by atoms with Crippen LogP contribution in [0.4, 0.5) is 0 Å². The lowest BCUT2D eigenvalue weighted by atomic mass is 9.95. The molecule has 0 fully saturated rings. The summed E-state index contributed by atoms with van der Waals surface area (Å²) in [6, 6.07) is 17.0. The molecule has 3 rings (SSSR count). The van der Waals surface area contributed by atoms with Crippen LogP contribution in [-0.4, -0.2) is 23.9 Å². The molecule has 29 heavy (non-hydrogen) atoms. The fraction of sp³-hybridized carbons (Fsp3) is 0.417. The number of amides is 2. The number of hydrogen-bond acceptors (Lipinski definition) is 3. The molecule has 2 aromatic rings. The van der Waals surface area contributed by atoms with Gasteiger partial charge in [0.15, 0.2) is 0 Å². The summed E-state index contributed by atoms with van der Waals surface area (Å²) in [4.78, 5) is 25.8. The van der Waals surface area contributed by atoms with Crippen molar-refractivity contribution in [2.24, 2.45) is 5.92 Å². The van der Waals surface area contributed by atoms with Crippen molar-refractivity contribution < 1.29 is 9.59 Å². The van der Waals surface area contributed by atoms with E-state index in [1.807, 2.05) is 49.4 Å². The van der Waals surface area contributed by atoms with E-state index in [1.165, 1.54) is 11.1 Å². The zero-order valence-electron chi connectivity index (χ0n) is 17.4. The monoisotopic (exact) mass is 393 g/mol. The Balaban J connectivity index is 1.64. The molecule has 0 bridgehead atoms. The smallest absolute Gasteiger partial charge is 0.243 e. The van der Waals surface area contributed by atoms with E-state index < -0.39 is 6.04 Å². The first-order valence-corrected chi connectivity index (χ1v) is 10.4. The third kappa shape index (κ3) is 5.67. The Morgan fingerprint density at radius 2 is 1.62 bits per heavy atom. The van der Waals surface area contributed by atoms with Gasteiger partial charge in [-0.3, -0.25) is 9.59 Å². The fourth-order valence-corrected chi connectivity index (χ4v) is 3.75. The van der Waals surface area contributed by atoms with Crippen molar-refractivity contribution >= 4 is 11.8 Å². The van der Waals surface area contributed by atoms with Crippen molar-refractivity contribution in [2.75, 3.05) is 0 Å². The molecule has 0 saturated carbocycles. The average molecular weight is 394 g/mol. The van der Waals surface area contributed by atoms with E-state index >= 15 is 0 Å². The van der Waals surface area contributed by atoms with E-state index in [0.29, 0.717) is 19.4 Å². The van der Waals surface area contributed by atoms with Crippen LogP contribution in [0.2, 0.25) is 0 Å². The molecule has 3 N–H and O–H groups in total. The summed E-state index contributed by atoms with van der Waals surface area (Å²) in [6.45, 7) is 6.74. The van der Waals surface area contributed by atoms with Crippen LogP contribution >= 0.6 is 0 Å². The maximum absolute atomic E-state index is 12.9.